The number of benzene rings is 2. The quantitative estimate of drug-likeness (QED) is 0.585. The molecule has 0 radical (unpaired) electrons. The highest BCUT2D eigenvalue weighted by molar-refractivity contribution is 6.30. The van der Waals surface area contributed by atoms with E-state index >= 15 is 0 Å². The molecule has 0 aliphatic carbocycles. The molecule has 0 spiro atoms. The molecule has 0 aromatic heterocycles. The first-order chi connectivity index (χ1) is 14.1. The maximum Gasteiger partial charge on any atom is 0.311 e. The first-order valence-electron chi connectivity index (χ1n) is 9.71. The predicted molar refractivity (Wildman–Crippen MR) is 112 cm³/mol. The molecular weight excluding hydrogens is 390 g/mol. The van der Waals surface area contributed by atoms with E-state index in [1.54, 1.807) is 29.2 Å². The van der Waals surface area contributed by atoms with E-state index in [1.807, 2.05) is 12.1 Å². The number of halogens is 1. The second kappa shape index (κ2) is 8.66. The summed E-state index contributed by atoms with van der Waals surface area (Å²) >= 11 is 5.89. The number of amides is 1. The molecule has 1 fully saturated rings. The summed E-state index contributed by atoms with van der Waals surface area (Å²) in [6.07, 6.45) is 0.849. The molecule has 1 saturated heterocycles. The van der Waals surface area contributed by atoms with Crippen molar-refractivity contribution in [2.24, 2.45) is 10.9 Å². The summed E-state index contributed by atoms with van der Waals surface area (Å²) in [7, 11) is 0. The summed E-state index contributed by atoms with van der Waals surface area (Å²) in [6, 6.07) is 15.2. The first kappa shape index (κ1) is 19.5. The molecule has 1 unspecified atom stereocenters. The van der Waals surface area contributed by atoms with E-state index in [1.165, 1.54) is 5.56 Å². The molecule has 4 rings (SSSR count). The Hall–Kier alpha value is -2.86. The summed E-state index contributed by atoms with van der Waals surface area (Å²) in [5.41, 5.74) is 3.10. The number of carbonyl (C=O) groups excluding carboxylic acids is 2. The molecule has 0 bridgehead atoms. The lowest BCUT2D eigenvalue weighted by Crippen LogP contribution is -2.27. The number of carbonyl (C=O) groups is 2. The molecule has 2 aliphatic rings. The highest BCUT2D eigenvalue weighted by Crippen LogP contribution is 2.27. The number of anilines is 1. The zero-order valence-electron chi connectivity index (χ0n) is 15.9. The Morgan fingerprint density at radius 2 is 2.00 bits per heavy atom. The molecule has 2 aromatic carbocycles. The third-order valence-corrected chi connectivity index (χ3v) is 5.39. The standard InChI is InChI=1S/C22H22ClN3O3/c23-17-6-8-18(9-7-17)26-14-16(12-20(26)27)22(28)29-11-3-10-24-21-19-5-2-1-4-15(19)13-25-21/h1-2,4-9,16H,3,10-14H2,(H,24,25). The molecule has 1 N–H and O–H groups in total. The van der Waals surface area contributed by atoms with Crippen LogP contribution in [-0.2, 0) is 20.9 Å². The van der Waals surface area contributed by atoms with Gasteiger partial charge in [0.1, 0.15) is 5.84 Å². The Bertz CT molecular complexity index is 943. The second-order valence-electron chi connectivity index (χ2n) is 7.15. The van der Waals surface area contributed by atoms with Crippen molar-refractivity contribution in [1.29, 1.82) is 0 Å². The Morgan fingerprint density at radius 3 is 2.83 bits per heavy atom. The van der Waals surface area contributed by atoms with Crippen molar-refractivity contribution in [1.82, 2.24) is 5.32 Å². The molecule has 1 amide bonds. The molecule has 29 heavy (non-hydrogen) atoms. The van der Waals surface area contributed by atoms with Crippen LogP contribution in [0.3, 0.4) is 0 Å². The van der Waals surface area contributed by atoms with Crippen LogP contribution in [0.15, 0.2) is 53.5 Å². The fourth-order valence-electron chi connectivity index (χ4n) is 3.60. The van der Waals surface area contributed by atoms with E-state index in [0.29, 0.717) is 37.7 Å². The van der Waals surface area contributed by atoms with Crippen LogP contribution < -0.4 is 10.2 Å². The molecule has 1 atom stereocenters. The van der Waals surface area contributed by atoms with E-state index in [9.17, 15) is 9.59 Å². The summed E-state index contributed by atoms with van der Waals surface area (Å²) in [4.78, 5) is 30.7. The number of rotatable bonds is 6. The highest BCUT2D eigenvalue weighted by atomic mass is 35.5. The minimum Gasteiger partial charge on any atom is -0.465 e. The number of nitrogens with one attached hydrogen (secondary N) is 1. The van der Waals surface area contributed by atoms with Crippen LogP contribution in [0.5, 0.6) is 0 Å². The van der Waals surface area contributed by atoms with Crippen molar-refractivity contribution in [2.45, 2.75) is 19.4 Å². The number of hydrogen-bond donors (Lipinski definition) is 1. The minimum atomic E-state index is -0.433. The second-order valence-corrected chi connectivity index (χ2v) is 7.59. The monoisotopic (exact) mass is 411 g/mol. The smallest absolute Gasteiger partial charge is 0.311 e. The van der Waals surface area contributed by atoms with Gasteiger partial charge >= 0.3 is 5.97 Å². The third-order valence-electron chi connectivity index (χ3n) is 5.13. The van der Waals surface area contributed by atoms with Gasteiger partial charge in [0.25, 0.3) is 0 Å². The maximum absolute atomic E-state index is 12.3. The zero-order valence-corrected chi connectivity index (χ0v) is 16.7. The number of ether oxygens (including phenoxy) is 1. The molecule has 0 saturated carbocycles. The van der Waals surface area contributed by atoms with E-state index in [0.717, 1.165) is 17.1 Å². The average molecular weight is 412 g/mol. The summed E-state index contributed by atoms with van der Waals surface area (Å²) < 4.78 is 5.39. The van der Waals surface area contributed by atoms with Crippen LogP contribution in [0, 0.1) is 5.92 Å². The van der Waals surface area contributed by atoms with Crippen LogP contribution in [-0.4, -0.2) is 37.4 Å². The molecular formula is C22H22ClN3O3. The number of nitrogens with zero attached hydrogens (tertiary/aromatic N) is 2. The maximum atomic E-state index is 12.3. The Kier molecular flexibility index (Phi) is 5.81. The van der Waals surface area contributed by atoms with Crippen molar-refractivity contribution in [2.75, 3.05) is 24.6 Å². The lowest BCUT2D eigenvalue weighted by atomic mass is 10.1. The van der Waals surface area contributed by atoms with E-state index in [-0.39, 0.29) is 18.3 Å². The normalized spacial score (nSPS) is 17.8. The molecule has 7 heteroatoms. The van der Waals surface area contributed by atoms with Gasteiger partial charge in [-0.15, -0.1) is 0 Å². The van der Waals surface area contributed by atoms with Crippen molar-refractivity contribution >= 4 is 35.0 Å². The van der Waals surface area contributed by atoms with Crippen molar-refractivity contribution < 1.29 is 14.3 Å². The van der Waals surface area contributed by atoms with Crippen molar-refractivity contribution in [3.8, 4) is 0 Å². The highest BCUT2D eigenvalue weighted by Gasteiger charge is 2.36. The molecule has 6 nitrogen and oxygen atoms in total. The van der Waals surface area contributed by atoms with Gasteiger partial charge in [-0.2, -0.15) is 0 Å². The lowest BCUT2D eigenvalue weighted by Gasteiger charge is -2.16. The average Bonchev–Trinajstić information content (AvgIpc) is 3.32. The van der Waals surface area contributed by atoms with Crippen LogP contribution in [0.1, 0.15) is 24.0 Å². The summed E-state index contributed by atoms with van der Waals surface area (Å²) in [5.74, 6) is 0.0661. The third kappa shape index (κ3) is 4.43. The van der Waals surface area contributed by atoms with Gasteiger partial charge in [-0.3, -0.25) is 14.6 Å². The molecule has 150 valence electrons. The molecule has 2 aliphatic heterocycles. The van der Waals surface area contributed by atoms with Gasteiger partial charge in [0.15, 0.2) is 0 Å². The Morgan fingerprint density at radius 1 is 1.21 bits per heavy atom. The van der Waals surface area contributed by atoms with E-state index < -0.39 is 5.92 Å². The van der Waals surface area contributed by atoms with E-state index in [2.05, 4.69) is 22.4 Å². The number of aliphatic imine (C=N–C) groups is 1. The van der Waals surface area contributed by atoms with Crippen molar-refractivity contribution in [3.05, 3.63) is 64.7 Å². The van der Waals surface area contributed by atoms with Gasteiger partial charge in [-0.25, -0.2) is 0 Å². The fourth-order valence-corrected chi connectivity index (χ4v) is 3.72. The SMILES string of the molecule is O=C(OCCCNC1=NCc2ccccc21)C1CC(=O)N(c2ccc(Cl)cc2)C1. The van der Waals surface area contributed by atoms with Crippen LogP contribution >= 0.6 is 11.6 Å². The number of amidine groups is 1. The Balaban J connectivity index is 1.20. The van der Waals surface area contributed by atoms with Gasteiger partial charge < -0.3 is 15.0 Å². The minimum absolute atomic E-state index is 0.0751. The zero-order chi connectivity index (χ0) is 20.2. The first-order valence-corrected chi connectivity index (χ1v) is 10.1. The van der Waals surface area contributed by atoms with Crippen LogP contribution in [0.4, 0.5) is 5.69 Å². The predicted octanol–water partition coefficient (Wildman–Crippen LogP) is 3.18. The molecule has 2 aromatic rings. The summed E-state index contributed by atoms with van der Waals surface area (Å²) in [5, 5.41) is 3.92. The van der Waals surface area contributed by atoms with Gasteiger partial charge in [-0.05, 0) is 36.2 Å². The van der Waals surface area contributed by atoms with Crippen LogP contribution in [0.2, 0.25) is 5.02 Å². The van der Waals surface area contributed by atoms with Gasteiger partial charge in [0.2, 0.25) is 5.91 Å². The van der Waals surface area contributed by atoms with Gasteiger partial charge in [0, 0.05) is 35.8 Å². The summed E-state index contributed by atoms with van der Waals surface area (Å²) in [6.45, 7) is 2.02. The Labute approximate surface area is 174 Å². The lowest BCUT2D eigenvalue weighted by molar-refractivity contribution is -0.148. The fraction of sp³-hybridized carbons (Fsp3) is 0.318. The van der Waals surface area contributed by atoms with Crippen molar-refractivity contribution in [3.63, 3.8) is 0 Å². The van der Waals surface area contributed by atoms with Crippen LogP contribution in [0.25, 0.3) is 0 Å². The number of hydrogen-bond acceptors (Lipinski definition) is 5. The number of esters is 1. The largest absolute Gasteiger partial charge is 0.465 e. The van der Waals surface area contributed by atoms with E-state index in [4.69, 9.17) is 16.3 Å². The van der Waals surface area contributed by atoms with Gasteiger partial charge in [-0.1, -0.05) is 35.9 Å². The van der Waals surface area contributed by atoms with Gasteiger partial charge in [0.05, 0.1) is 19.1 Å². The topological polar surface area (TPSA) is 71.0 Å². The number of fused-ring (bicyclic) bond motifs is 1. The molecule has 2 heterocycles.